The Morgan fingerprint density at radius 2 is 1.69 bits per heavy atom. The maximum absolute atomic E-state index is 13.1. The van der Waals surface area contributed by atoms with Crippen LogP contribution in [0.1, 0.15) is 107 Å². The number of rotatable bonds is 8. The van der Waals surface area contributed by atoms with E-state index in [0.29, 0.717) is 30.9 Å². The van der Waals surface area contributed by atoms with Crippen LogP contribution in [0.5, 0.6) is 0 Å². The van der Waals surface area contributed by atoms with E-state index in [0.717, 1.165) is 71.2 Å². The van der Waals surface area contributed by atoms with Gasteiger partial charge in [0.1, 0.15) is 12.2 Å². The summed E-state index contributed by atoms with van der Waals surface area (Å²) in [4.78, 5) is 17.9. The Kier molecular flexibility index (Phi) is 9.13. The van der Waals surface area contributed by atoms with Gasteiger partial charge in [0.25, 0.3) is 0 Å². The average molecular weight is 688 g/mol. The summed E-state index contributed by atoms with van der Waals surface area (Å²) < 4.78 is 19.3. The van der Waals surface area contributed by atoms with Crippen molar-refractivity contribution >= 4 is 6.09 Å². The van der Waals surface area contributed by atoms with Crippen LogP contribution in [0.4, 0.5) is 4.79 Å². The second-order valence-corrected chi connectivity index (χ2v) is 19.5. The number of nitrogens with one attached hydrogen (secondary N) is 1. The fraction of sp³-hybridized carbons (Fsp3) is 0.975. The molecule has 280 valence electrons. The Labute approximate surface area is 296 Å². The van der Waals surface area contributed by atoms with Gasteiger partial charge in [-0.1, -0.05) is 34.6 Å². The zero-order valence-electron chi connectivity index (χ0n) is 32.2. The molecule has 9 nitrogen and oxygen atoms in total. The van der Waals surface area contributed by atoms with Crippen LogP contribution in [0.2, 0.25) is 0 Å². The highest BCUT2D eigenvalue weighted by molar-refractivity contribution is 5.67. The summed E-state index contributed by atoms with van der Waals surface area (Å²) in [6.45, 7) is 23.9. The van der Waals surface area contributed by atoms with Crippen molar-refractivity contribution < 1.29 is 29.2 Å². The van der Waals surface area contributed by atoms with Crippen LogP contribution in [0, 0.1) is 50.7 Å². The van der Waals surface area contributed by atoms with Crippen molar-refractivity contribution in [1.29, 1.82) is 0 Å². The number of likely N-dealkylation sites (N-methyl/N-ethyl adjacent to an activating group) is 1. The summed E-state index contributed by atoms with van der Waals surface area (Å²) in [5.41, 5.74) is -0.861. The van der Waals surface area contributed by atoms with E-state index in [2.05, 4.69) is 56.8 Å². The van der Waals surface area contributed by atoms with Crippen LogP contribution >= 0.6 is 0 Å². The van der Waals surface area contributed by atoms with E-state index in [1.807, 2.05) is 20.8 Å². The minimum atomic E-state index is -1.03. The molecular weight excluding hydrogens is 618 g/mol. The zero-order valence-corrected chi connectivity index (χ0v) is 32.2. The Bertz CT molecular complexity index is 1250. The van der Waals surface area contributed by atoms with E-state index in [9.17, 15) is 15.0 Å². The molecule has 0 bridgehead atoms. The first-order valence-corrected chi connectivity index (χ1v) is 20.0. The Morgan fingerprint density at radius 1 is 1.02 bits per heavy atom. The molecule has 0 radical (unpaired) electrons. The third kappa shape index (κ3) is 5.31. The molecular formula is C40H69N3O6. The van der Waals surface area contributed by atoms with E-state index < -0.39 is 17.8 Å². The predicted octanol–water partition coefficient (Wildman–Crippen LogP) is 5.32. The van der Waals surface area contributed by atoms with E-state index in [-0.39, 0.29) is 57.4 Å². The molecule has 7 fully saturated rings. The standard InChI is InChI=1S/C40H69N3O6/c1-10-47-33(36(5,6)46)26-23-25(2)30-31(48-26)32(44)38(8)28-12-11-27-35(3,4)29(13-14-39(27)24-40(28,39)16-15-37(30,38)7)49-34(45)41-17-18-43-21-19-42(9)20-22-43/h25-33,44,46H,10-24H2,1-9H3,(H,41,45)/t25-,26?,27+,28?,29+,30+,31?,32+,33+,37-,38-,39-,40?/m1/s1. The number of nitrogens with zero attached hydrogens (tertiary/aromatic N) is 2. The van der Waals surface area contributed by atoms with Crippen LogP contribution < -0.4 is 5.32 Å². The largest absolute Gasteiger partial charge is 0.446 e. The number of hydrogen-bond acceptors (Lipinski definition) is 8. The number of amides is 1. The van der Waals surface area contributed by atoms with Gasteiger partial charge in [-0.15, -0.1) is 0 Å². The van der Waals surface area contributed by atoms with E-state index in [1.54, 1.807) is 0 Å². The molecule has 0 aromatic carbocycles. The van der Waals surface area contributed by atoms with Crippen molar-refractivity contribution in [2.75, 3.05) is 52.9 Å². The molecule has 2 aliphatic heterocycles. The third-order valence-electron chi connectivity index (χ3n) is 16.7. The molecule has 3 N–H and O–H groups in total. The monoisotopic (exact) mass is 688 g/mol. The summed E-state index contributed by atoms with van der Waals surface area (Å²) in [6.07, 6.45) is 6.93. The number of ether oxygens (including phenoxy) is 3. The zero-order chi connectivity index (χ0) is 35.4. The highest BCUT2D eigenvalue weighted by Gasteiger charge is 2.84. The van der Waals surface area contributed by atoms with Gasteiger partial charge in [0.15, 0.2) is 0 Å². The number of aliphatic hydroxyl groups excluding tert-OH is 1. The van der Waals surface area contributed by atoms with Gasteiger partial charge >= 0.3 is 6.09 Å². The minimum absolute atomic E-state index is 0.0120. The van der Waals surface area contributed by atoms with E-state index in [4.69, 9.17) is 14.2 Å². The maximum atomic E-state index is 13.1. The Hall–Kier alpha value is -0.970. The average Bonchev–Trinajstić information content (AvgIpc) is 3.66. The molecule has 4 unspecified atom stereocenters. The molecule has 5 saturated carbocycles. The lowest BCUT2D eigenvalue weighted by Crippen LogP contribution is -2.60. The van der Waals surface area contributed by atoms with Gasteiger partial charge in [-0.2, -0.15) is 0 Å². The van der Waals surface area contributed by atoms with Crippen molar-refractivity contribution in [3.8, 4) is 0 Å². The number of aliphatic hydroxyl groups is 2. The summed E-state index contributed by atoms with van der Waals surface area (Å²) in [5, 5.41) is 26.7. The van der Waals surface area contributed by atoms with Gasteiger partial charge in [0.05, 0.1) is 23.9 Å². The maximum Gasteiger partial charge on any atom is 0.407 e. The number of alkyl carbamates (subject to hydrolysis) is 1. The molecule has 5 aliphatic carbocycles. The fourth-order valence-corrected chi connectivity index (χ4v) is 14.2. The molecule has 0 aromatic rings. The van der Waals surface area contributed by atoms with Crippen LogP contribution in [0.25, 0.3) is 0 Å². The molecule has 2 spiro atoms. The number of carbonyl (C=O) groups is 1. The SMILES string of the molecule is CCO[C@@H](C1C[C@@H](C)[C@H]2C(O1)[C@H](O)[C@@]1(C)C3CC[C@H]4C(C)(C)[C@@H](OC(=O)NCCN5CCN(C)CC5)CC[C@@]45CC35CC[C@]21C)C(C)(C)O. The number of hydrogen-bond donors (Lipinski definition) is 3. The second kappa shape index (κ2) is 12.3. The van der Waals surface area contributed by atoms with E-state index in [1.165, 1.54) is 12.8 Å². The summed E-state index contributed by atoms with van der Waals surface area (Å²) in [5.74, 6) is 1.62. The van der Waals surface area contributed by atoms with Gasteiger partial charge in [0, 0.05) is 56.7 Å². The van der Waals surface area contributed by atoms with Crippen molar-refractivity contribution in [2.24, 2.45) is 50.7 Å². The Balaban J connectivity index is 1.05. The number of carbonyl (C=O) groups excluding carboxylic acids is 1. The Morgan fingerprint density at radius 3 is 2.37 bits per heavy atom. The van der Waals surface area contributed by atoms with Crippen molar-refractivity contribution in [3.05, 3.63) is 0 Å². The summed E-state index contributed by atoms with van der Waals surface area (Å²) in [7, 11) is 2.16. The lowest BCUT2D eigenvalue weighted by atomic mass is 9.41. The first kappa shape index (κ1) is 36.4. The predicted molar refractivity (Wildman–Crippen MR) is 190 cm³/mol. The summed E-state index contributed by atoms with van der Waals surface area (Å²) >= 11 is 0. The third-order valence-corrected chi connectivity index (χ3v) is 16.7. The van der Waals surface area contributed by atoms with Crippen molar-refractivity contribution in [3.63, 3.8) is 0 Å². The highest BCUT2D eigenvalue weighted by atomic mass is 16.6. The molecule has 1 amide bonds. The van der Waals surface area contributed by atoms with Crippen LogP contribution in [0.15, 0.2) is 0 Å². The van der Waals surface area contributed by atoms with Gasteiger partial charge in [0.2, 0.25) is 0 Å². The fourth-order valence-electron chi connectivity index (χ4n) is 14.2. The van der Waals surface area contributed by atoms with Crippen molar-refractivity contribution in [1.82, 2.24) is 15.1 Å². The van der Waals surface area contributed by atoms with Gasteiger partial charge in [-0.25, -0.2) is 4.79 Å². The lowest BCUT2D eigenvalue weighted by molar-refractivity contribution is -0.215. The molecule has 0 aromatic heterocycles. The van der Waals surface area contributed by atoms with Gasteiger partial charge in [-0.3, -0.25) is 4.90 Å². The molecule has 7 rings (SSSR count). The van der Waals surface area contributed by atoms with Crippen LogP contribution in [0.3, 0.4) is 0 Å². The van der Waals surface area contributed by atoms with Crippen LogP contribution in [-0.4, -0.2) is 115 Å². The van der Waals surface area contributed by atoms with Crippen LogP contribution in [-0.2, 0) is 14.2 Å². The first-order chi connectivity index (χ1) is 23.0. The molecule has 13 atom stereocenters. The van der Waals surface area contributed by atoms with E-state index >= 15 is 0 Å². The van der Waals surface area contributed by atoms with Gasteiger partial charge < -0.3 is 34.6 Å². The van der Waals surface area contributed by atoms with Crippen molar-refractivity contribution in [2.45, 2.75) is 143 Å². The minimum Gasteiger partial charge on any atom is -0.446 e. The molecule has 49 heavy (non-hydrogen) atoms. The number of piperazine rings is 1. The molecule has 2 heterocycles. The first-order valence-electron chi connectivity index (χ1n) is 20.0. The van der Waals surface area contributed by atoms with Gasteiger partial charge in [-0.05, 0) is 119 Å². The molecule has 7 aliphatic rings. The number of fused-ring (bicyclic) bond motifs is 4. The topological polar surface area (TPSA) is 104 Å². The molecule has 2 saturated heterocycles. The molecule has 9 heteroatoms. The normalized spacial score (nSPS) is 48.3. The smallest absolute Gasteiger partial charge is 0.407 e. The quantitative estimate of drug-likeness (QED) is 0.315. The summed E-state index contributed by atoms with van der Waals surface area (Å²) in [6, 6.07) is 0. The second-order valence-electron chi connectivity index (χ2n) is 19.5. The lowest BCUT2D eigenvalue weighted by Gasteiger charge is -2.63. The highest BCUT2D eigenvalue weighted by Crippen LogP contribution is 2.89.